The van der Waals surface area contributed by atoms with Crippen LogP contribution in [0.2, 0.25) is 0 Å². The summed E-state index contributed by atoms with van der Waals surface area (Å²) in [6, 6.07) is 3.69. The Morgan fingerprint density at radius 2 is 2.25 bits per heavy atom. The average molecular weight is 227 g/mol. The number of fused-ring (bicyclic) bond motifs is 1. The Bertz CT molecular complexity index is 338. The van der Waals surface area contributed by atoms with Crippen LogP contribution in [0.1, 0.15) is 12.1 Å². The van der Waals surface area contributed by atoms with Crippen LogP contribution in [0.15, 0.2) is 16.7 Å². The number of carbonyl (C=O) groups is 1. The monoisotopic (exact) mass is 226 g/mol. The van der Waals surface area contributed by atoms with Crippen molar-refractivity contribution in [2.45, 2.75) is 12.8 Å². The fourth-order valence-corrected chi connectivity index (χ4v) is 1.57. The van der Waals surface area contributed by atoms with Gasteiger partial charge in [-0.15, -0.1) is 0 Å². The number of amides is 1. The van der Waals surface area contributed by atoms with Gasteiger partial charge in [-0.25, -0.2) is 4.98 Å². The fourth-order valence-electron chi connectivity index (χ4n) is 1.22. The van der Waals surface area contributed by atoms with Gasteiger partial charge in [0.15, 0.2) is 0 Å². The topological polar surface area (TPSA) is 42.0 Å². The van der Waals surface area contributed by atoms with Crippen LogP contribution < -0.4 is 5.32 Å². The molecule has 0 atom stereocenters. The van der Waals surface area contributed by atoms with Crippen LogP contribution in [0.25, 0.3) is 0 Å². The highest BCUT2D eigenvalue weighted by atomic mass is 79.9. The van der Waals surface area contributed by atoms with E-state index in [0.29, 0.717) is 6.42 Å². The summed E-state index contributed by atoms with van der Waals surface area (Å²) in [5.74, 6) is 0.0756. The number of anilines is 1. The van der Waals surface area contributed by atoms with Gasteiger partial charge in [-0.05, 0) is 28.1 Å². The first-order valence-electron chi connectivity index (χ1n) is 3.71. The van der Waals surface area contributed by atoms with Crippen LogP contribution in [-0.2, 0) is 11.2 Å². The first-order valence-corrected chi connectivity index (χ1v) is 4.50. The SMILES string of the molecule is O=C1CCc2nc(Br)ccc2N1. The number of nitrogens with zero attached hydrogens (tertiary/aromatic N) is 1. The molecule has 1 aromatic rings. The van der Waals surface area contributed by atoms with Gasteiger partial charge >= 0.3 is 0 Å². The molecule has 0 saturated heterocycles. The summed E-state index contributed by atoms with van der Waals surface area (Å²) in [5, 5.41) is 2.76. The second kappa shape index (κ2) is 2.86. The third kappa shape index (κ3) is 1.34. The van der Waals surface area contributed by atoms with Crippen molar-refractivity contribution in [3.63, 3.8) is 0 Å². The Labute approximate surface area is 78.3 Å². The minimum Gasteiger partial charge on any atom is -0.324 e. The van der Waals surface area contributed by atoms with Gasteiger partial charge in [-0.3, -0.25) is 4.79 Å². The van der Waals surface area contributed by atoms with E-state index in [1.807, 2.05) is 12.1 Å². The number of nitrogens with one attached hydrogen (secondary N) is 1. The summed E-state index contributed by atoms with van der Waals surface area (Å²) in [6.45, 7) is 0. The molecule has 4 heteroatoms. The predicted octanol–water partition coefficient (Wildman–Crippen LogP) is 1.73. The lowest BCUT2D eigenvalue weighted by Crippen LogP contribution is -2.19. The van der Waals surface area contributed by atoms with Crippen LogP contribution in [0.5, 0.6) is 0 Å². The molecule has 1 aromatic heterocycles. The van der Waals surface area contributed by atoms with E-state index in [0.717, 1.165) is 22.4 Å². The number of aromatic nitrogens is 1. The Kier molecular flexibility index (Phi) is 1.84. The molecule has 0 spiro atoms. The van der Waals surface area contributed by atoms with Crippen molar-refractivity contribution >= 4 is 27.5 Å². The third-order valence-corrected chi connectivity index (χ3v) is 2.24. The largest absolute Gasteiger partial charge is 0.324 e. The molecule has 0 unspecified atom stereocenters. The molecule has 0 bridgehead atoms. The van der Waals surface area contributed by atoms with Crippen molar-refractivity contribution in [2.24, 2.45) is 0 Å². The van der Waals surface area contributed by atoms with Gasteiger partial charge in [0.25, 0.3) is 0 Å². The lowest BCUT2D eigenvalue weighted by molar-refractivity contribution is -0.116. The standard InChI is InChI=1S/C8H7BrN2O/c9-7-3-1-6-5(10-7)2-4-8(12)11-6/h1,3H,2,4H2,(H,11,12). The number of carbonyl (C=O) groups excluding carboxylic acids is 1. The maximum Gasteiger partial charge on any atom is 0.224 e. The molecule has 1 amide bonds. The Hall–Kier alpha value is -0.900. The van der Waals surface area contributed by atoms with E-state index in [1.54, 1.807) is 0 Å². The van der Waals surface area contributed by atoms with Crippen LogP contribution in [0.4, 0.5) is 5.69 Å². The highest BCUT2D eigenvalue weighted by Crippen LogP contribution is 2.22. The van der Waals surface area contributed by atoms with Gasteiger partial charge in [-0.1, -0.05) is 0 Å². The van der Waals surface area contributed by atoms with Crippen molar-refractivity contribution in [1.29, 1.82) is 0 Å². The first-order chi connectivity index (χ1) is 5.75. The molecule has 1 aliphatic heterocycles. The summed E-state index contributed by atoms with van der Waals surface area (Å²) in [6.07, 6.45) is 1.27. The minimum atomic E-state index is 0.0756. The lowest BCUT2D eigenvalue weighted by atomic mass is 10.1. The molecule has 2 rings (SSSR count). The zero-order valence-electron chi connectivity index (χ0n) is 6.30. The Morgan fingerprint density at radius 3 is 3.08 bits per heavy atom. The van der Waals surface area contributed by atoms with E-state index in [1.165, 1.54) is 0 Å². The van der Waals surface area contributed by atoms with Crippen LogP contribution >= 0.6 is 15.9 Å². The molecule has 0 aliphatic carbocycles. The van der Waals surface area contributed by atoms with E-state index in [4.69, 9.17) is 0 Å². The molecule has 0 radical (unpaired) electrons. The summed E-state index contributed by atoms with van der Waals surface area (Å²) >= 11 is 3.28. The molecule has 0 fully saturated rings. The first kappa shape index (κ1) is 7.73. The molecule has 0 aromatic carbocycles. The quantitative estimate of drug-likeness (QED) is 0.685. The predicted molar refractivity (Wildman–Crippen MR) is 48.9 cm³/mol. The summed E-state index contributed by atoms with van der Waals surface area (Å²) in [4.78, 5) is 15.2. The molecule has 62 valence electrons. The zero-order chi connectivity index (χ0) is 8.55. The summed E-state index contributed by atoms with van der Waals surface area (Å²) in [7, 11) is 0. The van der Waals surface area contributed by atoms with Gasteiger partial charge in [0.05, 0.1) is 11.4 Å². The number of pyridine rings is 1. The third-order valence-electron chi connectivity index (χ3n) is 1.80. The lowest BCUT2D eigenvalue weighted by Gasteiger charge is -2.15. The average Bonchev–Trinajstić information content (AvgIpc) is 2.05. The van der Waals surface area contributed by atoms with E-state index >= 15 is 0 Å². The highest BCUT2D eigenvalue weighted by Gasteiger charge is 2.15. The normalized spacial score (nSPS) is 15.2. The minimum absolute atomic E-state index is 0.0756. The van der Waals surface area contributed by atoms with Crippen molar-refractivity contribution in [3.8, 4) is 0 Å². The second-order valence-electron chi connectivity index (χ2n) is 2.68. The molecule has 2 heterocycles. The molecule has 0 saturated carbocycles. The summed E-state index contributed by atoms with van der Waals surface area (Å²) in [5.41, 5.74) is 1.80. The van der Waals surface area contributed by atoms with E-state index in [2.05, 4.69) is 26.2 Å². The number of halogens is 1. The van der Waals surface area contributed by atoms with Gasteiger partial charge in [-0.2, -0.15) is 0 Å². The van der Waals surface area contributed by atoms with E-state index in [9.17, 15) is 4.79 Å². The van der Waals surface area contributed by atoms with Crippen molar-refractivity contribution < 1.29 is 4.79 Å². The van der Waals surface area contributed by atoms with Crippen molar-refractivity contribution in [2.75, 3.05) is 5.32 Å². The number of aryl methyl sites for hydroxylation is 1. The molecular formula is C8H7BrN2O. The smallest absolute Gasteiger partial charge is 0.224 e. The fraction of sp³-hybridized carbons (Fsp3) is 0.250. The molecular weight excluding hydrogens is 220 g/mol. The number of hydrogen-bond acceptors (Lipinski definition) is 2. The van der Waals surface area contributed by atoms with Crippen LogP contribution in [0, 0.1) is 0 Å². The maximum atomic E-state index is 11.0. The molecule has 3 nitrogen and oxygen atoms in total. The number of rotatable bonds is 0. The zero-order valence-corrected chi connectivity index (χ0v) is 7.89. The van der Waals surface area contributed by atoms with E-state index in [-0.39, 0.29) is 5.91 Å². The van der Waals surface area contributed by atoms with Crippen LogP contribution in [-0.4, -0.2) is 10.9 Å². The van der Waals surface area contributed by atoms with Gasteiger partial charge in [0.1, 0.15) is 4.60 Å². The molecule has 1 aliphatic rings. The number of hydrogen-bond donors (Lipinski definition) is 1. The molecule has 12 heavy (non-hydrogen) atoms. The highest BCUT2D eigenvalue weighted by molar-refractivity contribution is 9.10. The summed E-state index contributed by atoms with van der Waals surface area (Å²) < 4.78 is 0.817. The molecule has 1 N–H and O–H groups in total. The van der Waals surface area contributed by atoms with Crippen LogP contribution in [0.3, 0.4) is 0 Å². The van der Waals surface area contributed by atoms with Crippen molar-refractivity contribution in [3.05, 3.63) is 22.4 Å². The maximum absolute atomic E-state index is 11.0. The van der Waals surface area contributed by atoms with Gasteiger partial charge < -0.3 is 5.32 Å². The second-order valence-corrected chi connectivity index (χ2v) is 3.49. The Morgan fingerprint density at radius 1 is 1.42 bits per heavy atom. The van der Waals surface area contributed by atoms with Gasteiger partial charge in [0.2, 0.25) is 5.91 Å². The Balaban J connectivity index is 2.43. The van der Waals surface area contributed by atoms with E-state index < -0.39 is 0 Å². The van der Waals surface area contributed by atoms with Crippen molar-refractivity contribution in [1.82, 2.24) is 4.98 Å². The van der Waals surface area contributed by atoms with Gasteiger partial charge in [0, 0.05) is 12.8 Å².